The zero-order valence-electron chi connectivity index (χ0n) is 35.3. The van der Waals surface area contributed by atoms with Crippen LogP contribution < -0.4 is 5.32 Å². The maximum Gasteiger partial charge on any atom is 0.374 e. The topological polar surface area (TPSA) is 160 Å². The minimum atomic E-state index is -1.05. The summed E-state index contributed by atoms with van der Waals surface area (Å²) in [5, 5.41) is 14.9. The molecular weight excluding hydrogens is 810 g/mol. The average Bonchev–Trinajstić information content (AvgIpc) is 3.84. The standard InChI is InChI=1S/C46H62ClNO11S/c1-31-26-36-35-14-13-32-27-33(49)15-16-45(32,3)46(35,47)39(51)28-44(36,2)41(31)42(59-43(53)38-12-9-18-57-38)37(50)30-60-25-24-56-23-22-55-21-20-54-19-17-48-40(52)29-58-34-10-7-5-4-6-8-11-34/h9,12,15-16,18,27,31,34-36,39,41-42,51H,4-7,10,13-14,17,19-26,28-30H2,1-3H3,(H,48,52)/t31-,34?,35+,36+,39+,41?,42?,44+,45+,46+/m1/s1. The van der Waals surface area contributed by atoms with Crippen LogP contribution in [0.3, 0.4) is 0 Å². The normalized spacial score (nSPS) is 32.5. The SMILES string of the molecule is C[C@@H]1C[C@H]2[C@@H]3CCC4=CC(=O)C=C[C@]4(C)[C@@]3(Cl)[C@@H](O)C[C@]2(C)C1C(OC(=O)c1ccco1)C(=O)CSCCOCCOCCOCCNC(=O)COC1C#CCCCCC1. The number of esters is 1. The van der Waals surface area contributed by atoms with E-state index in [-0.39, 0.29) is 65.4 Å². The smallest absolute Gasteiger partial charge is 0.374 e. The van der Waals surface area contributed by atoms with Crippen molar-refractivity contribution in [1.82, 2.24) is 5.32 Å². The predicted octanol–water partition coefficient (Wildman–Crippen LogP) is 6.13. The lowest BCUT2D eigenvalue weighted by atomic mass is 9.46. The summed E-state index contributed by atoms with van der Waals surface area (Å²) < 4.78 is 34.0. The molecule has 0 spiro atoms. The fraction of sp³-hybridized carbons (Fsp3) is 0.696. The molecule has 5 aliphatic carbocycles. The number of allylic oxidation sites excluding steroid dienone is 4. The molecule has 3 saturated carbocycles. The molecule has 1 aromatic heterocycles. The van der Waals surface area contributed by atoms with Crippen molar-refractivity contribution in [3.05, 3.63) is 48.0 Å². The second-order valence-electron chi connectivity index (χ2n) is 17.3. The molecule has 1 amide bonds. The Balaban J connectivity index is 0.918. The number of alkyl halides is 1. The molecule has 12 nitrogen and oxygen atoms in total. The average molecular weight is 873 g/mol. The van der Waals surface area contributed by atoms with Crippen molar-refractivity contribution in [2.75, 3.05) is 64.3 Å². The van der Waals surface area contributed by atoms with Crippen LogP contribution in [0, 0.1) is 46.3 Å². The van der Waals surface area contributed by atoms with Gasteiger partial charge in [0.05, 0.1) is 62.6 Å². The quantitative estimate of drug-likeness (QED) is 0.0631. The molecule has 0 radical (unpaired) electrons. The van der Waals surface area contributed by atoms with E-state index in [0.29, 0.717) is 64.8 Å². The van der Waals surface area contributed by atoms with Crippen LogP contribution in [-0.4, -0.2) is 116 Å². The number of furan rings is 1. The third kappa shape index (κ3) is 10.6. The Hall–Kier alpha value is -2.96. The number of Topliss-reactive ketones (excluding diaryl/α,β-unsaturated/α-hetero) is 1. The highest BCUT2D eigenvalue weighted by Crippen LogP contribution is 2.71. The van der Waals surface area contributed by atoms with E-state index in [4.69, 9.17) is 39.7 Å². The van der Waals surface area contributed by atoms with E-state index in [0.717, 1.165) is 50.5 Å². The third-order valence-corrected chi connectivity index (χ3v) is 15.4. The fourth-order valence-electron chi connectivity index (χ4n) is 10.7. The number of nitrogens with one attached hydrogen (secondary N) is 1. The van der Waals surface area contributed by atoms with Gasteiger partial charge in [0.1, 0.15) is 12.7 Å². The van der Waals surface area contributed by atoms with Crippen LogP contribution in [0.15, 0.2) is 46.6 Å². The lowest BCUT2D eigenvalue weighted by molar-refractivity contribution is -0.141. The zero-order valence-corrected chi connectivity index (χ0v) is 36.8. The molecule has 14 heteroatoms. The summed E-state index contributed by atoms with van der Waals surface area (Å²) in [5.74, 6) is 5.40. The van der Waals surface area contributed by atoms with Crippen molar-refractivity contribution in [2.45, 2.75) is 102 Å². The second-order valence-corrected chi connectivity index (χ2v) is 19.1. The number of aliphatic hydroxyl groups excluding tert-OH is 1. The maximum absolute atomic E-state index is 14.2. The van der Waals surface area contributed by atoms with Crippen LogP contribution in [-0.2, 0) is 38.1 Å². The lowest BCUT2D eigenvalue weighted by Crippen LogP contribution is -2.66. The number of halogens is 1. The number of thioether (sulfide) groups is 1. The summed E-state index contributed by atoms with van der Waals surface area (Å²) in [6.07, 6.45) is 12.0. The molecule has 3 unspecified atom stereocenters. The summed E-state index contributed by atoms with van der Waals surface area (Å²) >= 11 is 9.07. The molecule has 2 N–H and O–H groups in total. The molecule has 0 saturated heterocycles. The minimum Gasteiger partial charge on any atom is -0.457 e. The van der Waals surface area contributed by atoms with Gasteiger partial charge in [-0.05, 0) is 92.4 Å². The Labute approximate surface area is 363 Å². The van der Waals surface area contributed by atoms with Gasteiger partial charge in [0.15, 0.2) is 17.7 Å². The summed E-state index contributed by atoms with van der Waals surface area (Å²) in [4.78, 5) is 50.9. The molecule has 330 valence electrons. The van der Waals surface area contributed by atoms with Crippen molar-refractivity contribution < 1.29 is 52.4 Å². The second kappa shape index (κ2) is 21.4. The van der Waals surface area contributed by atoms with Gasteiger partial charge in [-0.2, -0.15) is 11.8 Å². The Bertz CT molecular complexity index is 1770. The van der Waals surface area contributed by atoms with Gasteiger partial charge in [0, 0.05) is 30.1 Å². The van der Waals surface area contributed by atoms with Crippen LogP contribution in [0.5, 0.6) is 0 Å². The van der Waals surface area contributed by atoms with Gasteiger partial charge in [-0.25, -0.2) is 4.79 Å². The van der Waals surface area contributed by atoms with E-state index in [1.807, 2.05) is 13.0 Å². The van der Waals surface area contributed by atoms with Crippen LogP contribution >= 0.6 is 23.4 Å². The highest BCUT2D eigenvalue weighted by atomic mass is 35.5. The number of ketones is 2. The predicted molar refractivity (Wildman–Crippen MR) is 227 cm³/mol. The van der Waals surface area contributed by atoms with Crippen molar-refractivity contribution in [3.8, 4) is 11.8 Å². The number of aliphatic hydroxyl groups is 1. The Morgan fingerprint density at radius 2 is 1.82 bits per heavy atom. The van der Waals surface area contributed by atoms with Gasteiger partial charge in [0.2, 0.25) is 11.7 Å². The Kier molecular flexibility index (Phi) is 16.6. The molecule has 0 aliphatic heterocycles. The monoisotopic (exact) mass is 871 g/mol. The molecule has 1 heterocycles. The van der Waals surface area contributed by atoms with Gasteiger partial charge >= 0.3 is 5.97 Å². The van der Waals surface area contributed by atoms with E-state index in [1.54, 1.807) is 18.2 Å². The van der Waals surface area contributed by atoms with Gasteiger partial charge < -0.3 is 38.5 Å². The summed E-state index contributed by atoms with van der Waals surface area (Å²) in [6, 6.07) is 3.13. The number of rotatable bonds is 21. The number of carbonyl (C=O) groups excluding carboxylic acids is 4. The molecule has 0 bridgehead atoms. The summed E-state index contributed by atoms with van der Waals surface area (Å²) in [7, 11) is 0. The molecule has 6 rings (SSSR count). The molecule has 1 aromatic rings. The first-order chi connectivity index (χ1) is 28.9. The van der Waals surface area contributed by atoms with Gasteiger partial charge in [-0.3, -0.25) is 14.4 Å². The van der Waals surface area contributed by atoms with Crippen LogP contribution in [0.4, 0.5) is 0 Å². The van der Waals surface area contributed by atoms with Crippen molar-refractivity contribution in [2.24, 2.45) is 34.5 Å². The molecule has 10 atom stereocenters. The third-order valence-electron chi connectivity index (χ3n) is 13.6. The first-order valence-corrected chi connectivity index (χ1v) is 23.2. The van der Waals surface area contributed by atoms with E-state index in [9.17, 15) is 24.3 Å². The molecule has 3 fully saturated rings. The number of fused-ring (bicyclic) bond motifs is 5. The van der Waals surface area contributed by atoms with Gasteiger partial charge in [-0.15, -0.1) is 17.5 Å². The minimum absolute atomic E-state index is 0.00119. The molecule has 60 heavy (non-hydrogen) atoms. The van der Waals surface area contributed by atoms with Crippen molar-refractivity contribution in [1.29, 1.82) is 0 Å². The van der Waals surface area contributed by atoms with Gasteiger partial charge in [-0.1, -0.05) is 44.8 Å². The highest BCUT2D eigenvalue weighted by Gasteiger charge is 2.71. The fourth-order valence-corrected chi connectivity index (χ4v) is 11.9. The first kappa shape index (κ1) is 46.5. The number of hydrogen-bond donors (Lipinski definition) is 2. The van der Waals surface area contributed by atoms with Crippen molar-refractivity contribution in [3.63, 3.8) is 0 Å². The number of amides is 1. The van der Waals surface area contributed by atoms with E-state index < -0.39 is 33.9 Å². The maximum atomic E-state index is 14.2. The number of hydrogen-bond acceptors (Lipinski definition) is 12. The number of ether oxygens (including phenoxy) is 5. The van der Waals surface area contributed by atoms with E-state index in [2.05, 4.69) is 31.0 Å². The summed E-state index contributed by atoms with van der Waals surface area (Å²) in [6.45, 7) is 8.96. The van der Waals surface area contributed by atoms with Crippen LogP contribution in [0.1, 0.15) is 89.1 Å². The van der Waals surface area contributed by atoms with Crippen LogP contribution in [0.2, 0.25) is 0 Å². The number of carbonyl (C=O) groups is 4. The van der Waals surface area contributed by atoms with Crippen LogP contribution in [0.25, 0.3) is 0 Å². The Morgan fingerprint density at radius 3 is 2.58 bits per heavy atom. The largest absolute Gasteiger partial charge is 0.457 e. The first-order valence-electron chi connectivity index (χ1n) is 21.6. The molecular formula is C46H62ClNO11S. The molecule has 0 aromatic carbocycles. The zero-order chi connectivity index (χ0) is 42.8. The van der Waals surface area contributed by atoms with E-state index in [1.165, 1.54) is 24.1 Å². The highest BCUT2D eigenvalue weighted by molar-refractivity contribution is 7.99. The summed E-state index contributed by atoms with van der Waals surface area (Å²) in [5.41, 5.74) is -0.278. The van der Waals surface area contributed by atoms with Crippen molar-refractivity contribution >= 4 is 46.8 Å². The van der Waals surface area contributed by atoms with E-state index >= 15 is 0 Å². The molecule has 5 aliphatic rings. The Morgan fingerprint density at radius 1 is 1.05 bits per heavy atom. The van der Waals surface area contributed by atoms with Gasteiger partial charge in [0.25, 0.3) is 0 Å². The lowest BCUT2D eigenvalue weighted by Gasteiger charge is -2.63.